The number of hydrogen-bond donors (Lipinski definition) is 8. The summed E-state index contributed by atoms with van der Waals surface area (Å²) in [5, 5.41) is 33.6. The minimum Gasteiger partial charge on any atom is -0.379 e. The van der Waals surface area contributed by atoms with Crippen molar-refractivity contribution in [3.63, 3.8) is 0 Å². The third-order valence-electron chi connectivity index (χ3n) is 15.2. The molecule has 5 saturated heterocycles. The summed E-state index contributed by atoms with van der Waals surface area (Å²) < 4.78 is 24.3. The average Bonchev–Trinajstić information content (AvgIpc) is 3.85. The summed E-state index contributed by atoms with van der Waals surface area (Å²) in [6.07, 6.45) is 17.0. The highest BCUT2D eigenvalue weighted by Crippen LogP contribution is 2.46. The van der Waals surface area contributed by atoms with Crippen LogP contribution in [0.15, 0.2) is 0 Å². The van der Waals surface area contributed by atoms with Crippen LogP contribution in [0.2, 0.25) is 0 Å². The lowest BCUT2D eigenvalue weighted by Crippen LogP contribution is -2.61. The third-order valence-corrected chi connectivity index (χ3v) is 15.2. The predicted molar refractivity (Wildman–Crippen MR) is 182 cm³/mol. The topological polar surface area (TPSA) is 133 Å². The van der Waals surface area contributed by atoms with Gasteiger partial charge in [-0.25, -0.2) is 0 Å². The summed E-state index contributed by atoms with van der Waals surface area (Å²) in [7, 11) is 7.43. The Hall–Kier alpha value is -0.480. The van der Waals surface area contributed by atoms with Gasteiger partial charge >= 0.3 is 0 Å². The van der Waals surface area contributed by atoms with Gasteiger partial charge in [0.2, 0.25) is 0 Å². The quantitative estimate of drug-likeness (QED) is 0.218. The monoisotopic (exact) mass is 673 g/mol. The Kier molecular flexibility index (Phi) is 9.60. The van der Waals surface area contributed by atoms with Crippen molar-refractivity contribution < 1.29 is 18.9 Å². The van der Waals surface area contributed by atoms with Crippen molar-refractivity contribution in [3.05, 3.63) is 0 Å². The first kappa shape index (κ1) is 33.4. The van der Waals surface area contributed by atoms with Crippen LogP contribution in [0.1, 0.15) is 77.0 Å². The molecular weight excluding hydrogens is 608 g/mol. The molecule has 0 amide bonds. The highest BCUT2D eigenvalue weighted by molar-refractivity contribution is 5.10. The summed E-state index contributed by atoms with van der Waals surface area (Å²) in [5.74, 6) is 4.38. The fraction of sp³-hybridized carbons (Fsp3) is 1.00. The lowest BCUT2D eigenvalue weighted by molar-refractivity contribution is -0.0911. The van der Waals surface area contributed by atoms with Crippen molar-refractivity contribution in [2.24, 2.45) is 47.3 Å². The van der Waals surface area contributed by atoms with E-state index in [9.17, 15) is 0 Å². The first-order chi connectivity index (χ1) is 23.6. The summed E-state index contributed by atoms with van der Waals surface area (Å²) in [6, 6.07) is 0. The lowest BCUT2D eigenvalue weighted by atomic mass is 9.74. The van der Waals surface area contributed by atoms with Crippen LogP contribution in [0.5, 0.6) is 0 Å². The van der Waals surface area contributed by atoms with Crippen molar-refractivity contribution in [1.29, 1.82) is 0 Å². The van der Waals surface area contributed by atoms with Crippen LogP contribution in [0.3, 0.4) is 0 Å². The van der Waals surface area contributed by atoms with Gasteiger partial charge in [0.1, 0.15) is 0 Å². The van der Waals surface area contributed by atoms with E-state index in [0.29, 0.717) is 72.0 Å². The van der Waals surface area contributed by atoms with E-state index in [0.717, 1.165) is 25.7 Å². The van der Waals surface area contributed by atoms with E-state index in [1.807, 2.05) is 28.4 Å². The first-order valence-electron chi connectivity index (χ1n) is 19.8. The smallest absolute Gasteiger partial charge is 0.0836 e. The van der Waals surface area contributed by atoms with Crippen molar-refractivity contribution in [1.82, 2.24) is 42.5 Å². The van der Waals surface area contributed by atoms with Gasteiger partial charge in [0.15, 0.2) is 0 Å². The molecule has 0 aromatic rings. The van der Waals surface area contributed by atoms with Gasteiger partial charge in [-0.15, -0.1) is 0 Å². The molecular formula is C36H64N8O4. The molecule has 0 aromatic heterocycles. The molecule has 9 fully saturated rings. The van der Waals surface area contributed by atoms with E-state index >= 15 is 0 Å². The fourth-order valence-corrected chi connectivity index (χ4v) is 12.8. The SMILES string of the molecule is COC1CC2C3NC4NC(NC5NC(NC6NC(NC(N3)C2CC1OC)C1CC(OC)C(OC)CC61)C1CCCCC51)C1CCCCC41. The Bertz CT molecular complexity index is 1040. The van der Waals surface area contributed by atoms with E-state index in [4.69, 9.17) is 18.9 Å². The zero-order valence-electron chi connectivity index (χ0n) is 29.7. The van der Waals surface area contributed by atoms with Gasteiger partial charge in [0.25, 0.3) is 0 Å². The zero-order chi connectivity index (χ0) is 32.5. The minimum absolute atomic E-state index is 0.106. The summed E-state index contributed by atoms with van der Waals surface area (Å²) in [6.45, 7) is 0. The number of fused-ring (bicyclic) bond motifs is 20. The highest BCUT2D eigenvalue weighted by atomic mass is 16.5. The second-order valence-corrected chi connectivity index (χ2v) is 17.1. The molecule has 20 unspecified atom stereocenters. The molecule has 48 heavy (non-hydrogen) atoms. The van der Waals surface area contributed by atoms with Crippen LogP contribution < -0.4 is 42.5 Å². The van der Waals surface area contributed by atoms with Crippen LogP contribution >= 0.6 is 0 Å². The molecule has 4 aliphatic carbocycles. The molecule has 5 heterocycles. The minimum atomic E-state index is 0.106. The Labute approximate surface area is 287 Å². The number of methoxy groups -OCH3 is 4. The van der Waals surface area contributed by atoms with Gasteiger partial charge in [-0.1, -0.05) is 25.7 Å². The molecule has 12 heteroatoms. The van der Waals surface area contributed by atoms with E-state index < -0.39 is 0 Å². The average molecular weight is 673 g/mol. The molecule has 4 saturated carbocycles. The maximum absolute atomic E-state index is 6.07. The molecule has 8 N–H and O–H groups in total. The Balaban J connectivity index is 1.06. The molecule has 12 nitrogen and oxygen atoms in total. The predicted octanol–water partition coefficient (Wildman–Crippen LogP) is 1.11. The van der Waals surface area contributed by atoms with Gasteiger partial charge in [0.05, 0.1) is 73.7 Å². The van der Waals surface area contributed by atoms with Crippen molar-refractivity contribution in [2.75, 3.05) is 28.4 Å². The second kappa shape index (κ2) is 13.8. The Morgan fingerprint density at radius 2 is 0.479 bits per heavy atom. The first-order valence-corrected chi connectivity index (χ1v) is 19.8. The third kappa shape index (κ3) is 5.73. The molecule has 20 atom stereocenters. The standard InChI is InChI=1S/C36H64N8O4/c1-45-25-13-21-23(15-27(25)47-3)35-42-33(21)40-31-19-11-7-5-9-17(19)29(38-31)37-30-18-10-6-8-12-20(18)32(39-30)41-34-22-14-26(46-2)28(48-4)16-24(22)36(43-34)44-35/h17-44H,5-16H2,1-4H3. The summed E-state index contributed by atoms with van der Waals surface area (Å²) in [5.41, 5.74) is 0. The van der Waals surface area contributed by atoms with Crippen LogP contribution in [0, 0.1) is 47.3 Å². The molecule has 9 rings (SSSR count). The maximum atomic E-state index is 6.07. The molecule has 9 aliphatic rings. The molecule has 5 aliphatic heterocycles. The molecule has 8 bridgehead atoms. The number of ether oxygens (including phenoxy) is 4. The number of nitrogens with one attached hydrogen (secondary N) is 8. The molecule has 0 radical (unpaired) electrons. The summed E-state index contributed by atoms with van der Waals surface area (Å²) >= 11 is 0. The van der Waals surface area contributed by atoms with Gasteiger partial charge in [-0.3, -0.25) is 42.5 Å². The van der Waals surface area contributed by atoms with Crippen molar-refractivity contribution in [2.45, 2.75) is 151 Å². The van der Waals surface area contributed by atoms with Crippen LogP contribution in [0.25, 0.3) is 0 Å². The zero-order valence-corrected chi connectivity index (χ0v) is 29.7. The van der Waals surface area contributed by atoms with E-state index in [-0.39, 0.29) is 49.1 Å². The number of hydrogen-bond acceptors (Lipinski definition) is 12. The van der Waals surface area contributed by atoms with Crippen molar-refractivity contribution >= 4 is 0 Å². The maximum Gasteiger partial charge on any atom is 0.0836 e. The van der Waals surface area contributed by atoms with Gasteiger partial charge in [-0.05, 0) is 98.7 Å². The highest BCUT2D eigenvalue weighted by Gasteiger charge is 2.57. The van der Waals surface area contributed by atoms with E-state index in [1.165, 1.54) is 51.4 Å². The van der Waals surface area contributed by atoms with Crippen LogP contribution in [0.4, 0.5) is 0 Å². The normalized spacial score (nSPS) is 56.2. The van der Waals surface area contributed by atoms with Crippen LogP contribution in [-0.2, 0) is 18.9 Å². The lowest BCUT2D eigenvalue weighted by Gasteiger charge is -2.41. The Morgan fingerprint density at radius 3 is 0.667 bits per heavy atom. The van der Waals surface area contributed by atoms with E-state index in [2.05, 4.69) is 42.5 Å². The fourth-order valence-electron chi connectivity index (χ4n) is 12.8. The van der Waals surface area contributed by atoms with Gasteiger partial charge < -0.3 is 18.9 Å². The van der Waals surface area contributed by atoms with Gasteiger partial charge in [0, 0.05) is 28.4 Å². The summed E-state index contributed by atoms with van der Waals surface area (Å²) in [4.78, 5) is 0. The van der Waals surface area contributed by atoms with Crippen molar-refractivity contribution in [3.8, 4) is 0 Å². The molecule has 272 valence electrons. The van der Waals surface area contributed by atoms with E-state index in [1.54, 1.807) is 0 Å². The van der Waals surface area contributed by atoms with Gasteiger partial charge in [-0.2, -0.15) is 0 Å². The molecule has 0 aromatic carbocycles. The Morgan fingerprint density at radius 1 is 0.292 bits per heavy atom. The number of rotatable bonds is 4. The van der Waals surface area contributed by atoms with Crippen LogP contribution in [-0.4, -0.2) is 102 Å². The molecule has 0 spiro atoms. The second-order valence-electron chi connectivity index (χ2n) is 17.1. The largest absolute Gasteiger partial charge is 0.379 e.